The number of rotatable bonds is 3. The molecule has 1 aliphatic heterocycles. The Kier molecular flexibility index (Phi) is 3.13. The predicted molar refractivity (Wildman–Crippen MR) is 51.4 cm³/mol. The zero-order valence-corrected chi connectivity index (χ0v) is 8.76. The fraction of sp³-hybridized carbons (Fsp3) is 1.00. The van der Waals surface area contributed by atoms with Crippen LogP contribution in [0.1, 0.15) is 33.6 Å². The molecule has 72 valence electrons. The summed E-state index contributed by atoms with van der Waals surface area (Å²) >= 11 is 0. The molecule has 0 aromatic rings. The molecule has 0 bridgehead atoms. The highest BCUT2D eigenvalue weighted by Gasteiger charge is 2.23. The average Bonchev–Trinajstić information content (AvgIpc) is 1.93. The smallest absolute Gasteiger partial charge is 0.0598 e. The maximum absolute atomic E-state index is 5.66. The number of hydrogen-bond donors (Lipinski definition) is 0. The first-order chi connectivity index (χ1) is 5.49. The van der Waals surface area contributed by atoms with E-state index in [1.807, 2.05) is 0 Å². The van der Waals surface area contributed by atoms with Crippen LogP contribution >= 0.6 is 0 Å². The summed E-state index contributed by atoms with van der Waals surface area (Å²) in [6.07, 6.45) is 2.54. The first-order valence-electron chi connectivity index (χ1n) is 4.83. The molecule has 0 aromatic carbocycles. The van der Waals surface area contributed by atoms with Gasteiger partial charge in [0.05, 0.1) is 5.60 Å². The lowest BCUT2D eigenvalue weighted by molar-refractivity contribution is -0.0212. The zero-order chi connectivity index (χ0) is 9.19. The van der Waals surface area contributed by atoms with Gasteiger partial charge in [-0.3, -0.25) is 0 Å². The zero-order valence-electron chi connectivity index (χ0n) is 8.76. The Morgan fingerprint density at radius 3 is 2.42 bits per heavy atom. The Labute approximate surface area is 75.9 Å². The molecule has 1 aliphatic rings. The Morgan fingerprint density at radius 2 is 2.08 bits per heavy atom. The number of likely N-dealkylation sites (tertiary alicyclic amines) is 1. The highest BCUT2D eigenvalue weighted by atomic mass is 16.5. The van der Waals surface area contributed by atoms with Crippen LogP contribution < -0.4 is 0 Å². The highest BCUT2D eigenvalue weighted by Crippen LogP contribution is 2.18. The quantitative estimate of drug-likeness (QED) is 0.643. The van der Waals surface area contributed by atoms with E-state index >= 15 is 0 Å². The summed E-state index contributed by atoms with van der Waals surface area (Å²) in [6.45, 7) is 8.49. The van der Waals surface area contributed by atoms with Crippen molar-refractivity contribution >= 4 is 0 Å². The number of nitrogens with zero attached hydrogens (tertiary/aromatic N) is 1. The molecule has 0 aliphatic carbocycles. The molecule has 0 radical (unpaired) electrons. The monoisotopic (exact) mass is 171 g/mol. The molecular formula is C10H21NO. The summed E-state index contributed by atoms with van der Waals surface area (Å²) in [5.41, 5.74) is 0.0301. The number of hydrogen-bond acceptors (Lipinski definition) is 2. The van der Waals surface area contributed by atoms with Gasteiger partial charge >= 0.3 is 0 Å². The van der Waals surface area contributed by atoms with Crippen LogP contribution in [0, 0.1) is 0 Å². The Balaban J connectivity index is 2.03. The van der Waals surface area contributed by atoms with Gasteiger partial charge < -0.3 is 9.64 Å². The van der Waals surface area contributed by atoms with Crippen LogP contribution in [0.15, 0.2) is 0 Å². The van der Waals surface area contributed by atoms with Gasteiger partial charge in [-0.05, 0) is 47.2 Å². The van der Waals surface area contributed by atoms with Crippen LogP contribution in [0.5, 0.6) is 0 Å². The van der Waals surface area contributed by atoms with Crippen molar-refractivity contribution in [3.63, 3.8) is 0 Å². The van der Waals surface area contributed by atoms with E-state index in [-0.39, 0.29) is 5.60 Å². The van der Waals surface area contributed by atoms with Crippen molar-refractivity contribution in [2.24, 2.45) is 0 Å². The lowest BCUT2D eigenvalue weighted by atomic mass is 10.0. The first kappa shape index (κ1) is 10.0. The summed E-state index contributed by atoms with van der Waals surface area (Å²) in [6, 6.07) is 0.785. The largest absolute Gasteiger partial charge is 0.376 e. The van der Waals surface area contributed by atoms with Gasteiger partial charge in [0.15, 0.2) is 0 Å². The van der Waals surface area contributed by atoms with Gasteiger partial charge in [-0.1, -0.05) is 0 Å². The molecule has 1 atom stereocenters. The third-order valence-corrected chi connectivity index (χ3v) is 2.42. The highest BCUT2D eigenvalue weighted by molar-refractivity contribution is 4.79. The Morgan fingerprint density at radius 1 is 1.42 bits per heavy atom. The van der Waals surface area contributed by atoms with E-state index < -0.39 is 0 Å². The van der Waals surface area contributed by atoms with Crippen LogP contribution in [-0.2, 0) is 4.74 Å². The van der Waals surface area contributed by atoms with Crippen molar-refractivity contribution in [1.29, 1.82) is 0 Å². The molecule has 12 heavy (non-hydrogen) atoms. The minimum atomic E-state index is 0.0301. The van der Waals surface area contributed by atoms with E-state index in [4.69, 9.17) is 4.74 Å². The van der Waals surface area contributed by atoms with E-state index in [1.165, 1.54) is 19.4 Å². The predicted octanol–water partition coefficient (Wildman–Crippen LogP) is 1.90. The van der Waals surface area contributed by atoms with Crippen molar-refractivity contribution < 1.29 is 4.74 Å². The fourth-order valence-corrected chi connectivity index (χ4v) is 1.44. The standard InChI is InChI=1S/C10H21NO/c1-10(2,3)12-8-6-9-5-7-11(9)4/h9H,5-8H2,1-4H3. The minimum absolute atomic E-state index is 0.0301. The molecule has 0 aromatic heterocycles. The van der Waals surface area contributed by atoms with Crippen LogP contribution in [0.25, 0.3) is 0 Å². The van der Waals surface area contributed by atoms with Crippen molar-refractivity contribution in [2.45, 2.75) is 45.3 Å². The van der Waals surface area contributed by atoms with Crippen LogP contribution in [0.4, 0.5) is 0 Å². The fourth-order valence-electron chi connectivity index (χ4n) is 1.44. The summed E-state index contributed by atoms with van der Waals surface area (Å²) < 4.78 is 5.66. The Hall–Kier alpha value is -0.0800. The maximum atomic E-state index is 5.66. The van der Waals surface area contributed by atoms with Gasteiger partial charge in [0.25, 0.3) is 0 Å². The third kappa shape index (κ3) is 3.11. The Bertz CT molecular complexity index is 139. The van der Waals surface area contributed by atoms with Gasteiger partial charge in [-0.2, -0.15) is 0 Å². The topological polar surface area (TPSA) is 12.5 Å². The molecule has 1 heterocycles. The molecule has 1 saturated heterocycles. The molecule has 1 fully saturated rings. The lowest BCUT2D eigenvalue weighted by Gasteiger charge is -2.38. The normalized spacial score (nSPS) is 25.5. The molecule has 0 saturated carbocycles. The van der Waals surface area contributed by atoms with E-state index in [0.29, 0.717) is 0 Å². The minimum Gasteiger partial charge on any atom is -0.376 e. The second-order valence-electron chi connectivity index (χ2n) is 4.67. The van der Waals surface area contributed by atoms with Crippen molar-refractivity contribution in [2.75, 3.05) is 20.2 Å². The van der Waals surface area contributed by atoms with Gasteiger partial charge in [0.2, 0.25) is 0 Å². The van der Waals surface area contributed by atoms with Gasteiger partial charge in [-0.15, -0.1) is 0 Å². The SMILES string of the molecule is CN1CCC1CCOC(C)(C)C. The molecule has 1 unspecified atom stereocenters. The summed E-state index contributed by atoms with van der Waals surface area (Å²) in [5.74, 6) is 0. The second-order valence-corrected chi connectivity index (χ2v) is 4.67. The van der Waals surface area contributed by atoms with Crippen molar-refractivity contribution in [1.82, 2.24) is 4.90 Å². The lowest BCUT2D eigenvalue weighted by Crippen LogP contribution is -2.45. The van der Waals surface area contributed by atoms with E-state index in [9.17, 15) is 0 Å². The van der Waals surface area contributed by atoms with Crippen LogP contribution in [0.2, 0.25) is 0 Å². The van der Waals surface area contributed by atoms with E-state index in [2.05, 4.69) is 32.7 Å². The van der Waals surface area contributed by atoms with Gasteiger partial charge in [0.1, 0.15) is 0 Å². The first-order valence-corrected chi connectivity index (χ1v) is 4.83. The molecular weight excluding hydrogens is 150 g/mol. The molecule has 0 spiro atoms. The third-order valence-electron chi connectivity index (χ3n) is 2.42. The molecule has 1 rings (SSSR count). The second kappa shape index (κ2) is 3.75. The van der Waals surface area contributed by atoms with Crippen LogP contribution in [0.3, 0.4) is 0 Å². The maximum Gasteiger partial charge on any atom is 0.0598 e. The molecule has 0 N–H and O–H groups in total. The molecule has 2 heteroatoms. The number of ether oxygens (including phenoxy) is 1. The van der Waals surface area contributed by atoms with E-state index in [1.54, 1.807) is 0 Å². The van der Waals surface area contributed by atoms with Crippen molar-refractivity contribution in [3.05, 3.63) is 0 Å². The summed E-state index contributed by atoms with van der Waals surface area (Å²) in [4.78, 5) is 2.39. The van der Waals surface area contributed by atoms with Gasteiger partial charge in [-0.25, -0.2) is 0 Å². The van der Waals surface area contributed by atoms with Gasteiger partial charge in [0, 0.05) is 12.6 Å². The van der Waals surface area contributed by atoms with Crippen molar-refractivity contribution in [3.8, 4) is 0 Å². The van der Waals surface area contributed by atoms with E-state index in [0.717, 1.165) is 12.6 Å². The average molecular weight is 171 g/mol. The summed E-state index contributed by atoms with van der Waals surface area (Å²) in [5, 5.41) is 0. The molecule has 2 nitrogen and oxygen atoms in total. The summed E-state index contributed by atoms with van der Waals surface area (Å²) in [7, 11) is 2.19. The van der Waals surface area contributed by atoms with Crippen LogP contribution in [-0.4, -0.2) is 36.7 Å². The molecule has 0 amide bonds.